The molecule has 0 bridgehead atoms. The molecule has 0 amide bonds. The average molecular weight is 182 g/mol. The van der Waals surface area contributed by atoms with Gasteiger partial charge in [0.15, 0.2) is 0 Å². The Morgan fingerprint density at radius 1 is 1.54 bits per heavy atom. The van der Waals surface area contributed by atoms with E-state index in [-0.39, 0.29) is 0 Å². The number of nitrogens with one attached hydrogen (secondary N) is 1. The molecule has 0 saturated carbocycles. The van der Waals surface area contributed by atoms with Crippen LogP contribution >= 0.6 is 0 Å². The number of hydrogen-bond acceptors (Lipinski definition) is 2. The minimum Gasteiger partial charge on any atom is -0.316 e. The normalized spacial score (nSPS) is 40.2. The second-order valence-electron chi connectivity index (χ2n) is 5.48. The minimum atomic E-state index is 0.614. The van der Waals surface area contributed by atoms with Gasteiger partial charge in [0.1, 0.15) is 0 Å². The van der Waals surface area contributed by atoms with E-state index in [0.29, 0.717) is 5.41 Å². The molecule has 0 aromatic rings. The highest BCUT2D eigenvalue weighted by Crippen LogP contribution is 2.42. The van der Waals surface area contributed by atoms with E-state index >= 15 is 0 Å². The van der Waals surface area contributed by atoms with Crippen molar-refractivity contribution < 1.29 is 0 Å². The first kappa shape index (κ1) is 9.47. The summed E-state index contributed by atoms with van der Waals surface area (Å²) in [5.41, 5.74) is 0.614. The predicted octanol–water partition coefficient (Wildman–Crippen LogP) is 1.18. The minimum absolute atomic E-state index is 0.614. The zero-order valence-electron chi connectivity index (χ0n) is 9.14. The Morgan fingerprint density at radius 2 is 2.31 bits per heavy atom. The van der Waals surface area contributed by atoms with Crippen LogP contribution in [0.5, 0.6) is 0 Å². The second kappa shape index (κ2) is 3.25. The first-order chi connectivity index (χ1) is 6.12. The first-order valence-corrected chi connectivity index (χ1v) is 5.52. The van der Waals surface area contributed by atoms with E-state index in [9.17, 15) is 0 Å². The molecule has 2 aliphatic heterocycles. The smallest absolute Gasteiger partial charge is 0.00510 e. The summed E-state index contributed by atoms with van der Waals surface area (Å²) in [5.74, 6) is 1.76. The molecule has 2 heteroatoms. The van der Waals surface area contributed by atoms with Crippen molar-refractivity contribution in [1.82, 2.24) is 10.2 Å². The monoisotopic (exact) mass is 182 g/mol. The lowest BCUT2D eigenvalue weighted by Crippen LogP contribution is -2.33. The Kier molecular flexibility index (Phi) is 2.37. The summed E-state index contributed by atoms with van der Waals surface area (Å²) in [7, 11) is 2.26. The van der Waals surface area contributed by atoms with E-state index in [4.69, 9.17) is 0 Å². The van der Waals surface area contributed by atoms with Crippen LogP contribution in [0.2, 0.25) is 0 Å². The fourth-order valence-electron chi connectivity index (χ4n) is 3.39. The fraction of sp³-hybridized carbons (Fsp3) is 1.00. The van der Waals surface area contributed by atoms with Crippen molar-refractivity contribution in [2.45, 2.75) is 20.3 Å². The molecule has 2 unspecified atom stereocenters. The SMILES string of the molecule is CC(C)CC12CNCC1CN(C)C2. The van der Waals surface area contributed by atoms with Crippen LogP contribution in [-0.2, 0) is 0 Å². The molecule has 13 heavy (non-hydrogen) atoms. The summed E-state index contributed by atoms with van der Waals surface area (Å²) in [6.45, 7) is 9.81. The van der Waals surface area contributed by atoms with Gasteiger partial charge in [-0.3, -0.25) is 0 Å². The maximum absolute atomic E-state index is 3.56. The Hall–Kier alpha value is -0.0800. The summed E-state index contributed by atoms with van der Waals surface area (Å²) in [4.78, 5) is 2.51. The van der Waals surface area contributed by atoms with Gasteiger partial charge < -0.3 is 10.2 Å². The van der Waals surface area contributed by atoms with Crippen LogP contribution in [0.3, 0.4) is 0 Å². The van der Waals surface area contributed by atoms with Gasteiger partial charge in [-0.25, -0.2) is 0 Å². The fourth-order valence-corrected chi connectivity index (χ4v) is 3.39. The molecule has 0 aromatic heterocycles. The molecule has 2 aliphatic rings. The van der Waals surface area contributed by atoms with Crippen molar-refractivity contribution in [3.05, 3.63) is 0 Å². The Bertz CT molecular complexity index is 191. The topological polar surface area (TPSA) is 15.3 Å². The van der Waals surface area contributed by atoms with Crippen LogP contribution in [-0.4, -0.2) is 38.1 Å². The van der Waals surface area contributed by atoms with E-state index in [2.05, 4.69) is 31.1 Å². The third kappa shape index (κ3) is 1.62. The van der Waals surface area contributed by atoms with Gasteiger partial charge in [-0.2, -0.15) is 0 Å². The molecule has 2 rings (SSSR count). The van der Waals surface area contributed by atoms with Crippen LogP contribution in [0.1, 0.15) is 20.3 Å². The lowest BCUT2D eigenvalue weighted by molar-refractivity contribution is 0.222. The van der Waals surface area contributed by atoms with Crippen molar-refractivity contribution in [2.24, 2.45) is 17.3 Å². The largest absolute Gasteiger partial charge is 0.316 e. The molecular weight excluding hydrogens is 160 g/mol. The van der Waals surface area contributed by atoms with Crippen molar-refractivity contribution in [1.29, 1.82) is 0 Å². The van der Waals surface area contributed by atoms with Crippen molar-refractivity contribution in [3.8, 4) is 0 Å². The average Bonchev–Trinajstić information content (AvgIpc) is 2.40. The zero-order chi connectivity index (χ0) is 9.47. The standard InChI is InChI=1S/C11H22N2/c1-9(2)4-11-7-12-5-10(11)6-13(3)8-11/h9-10,12H,4-8H2,1-3H3. The second-order valence-corrected chi connectivity index (χ2v) is 5.48. The van der Waals surface area contributed by atoms with Crippen LogP contribution in [0.4, 0.5) is 0 Å². The van der Waals surface area contributed by atoms with Gasteiger partial charge in [0.2, 0.25) is 0 Å². The molecule has 2 saturated heterocycles. The first-order valence-electron chi connectivity index (χ1n) is 5.52. The van der Waals surface area contributed by atoms with Gasteiger partial charge in [-0.15, -0.1) is 0 Å². The molecule has 0 radical (unpaired) electrons. The lowest BCUT2D eigenvalue weighted by Gasteiger charge is -2.29. The lowest BCUT2D eigenvalue weighted by atomic mass is 9.75. The van der Waals surface area contributed by atoms with Gasteiger partial charge in [-0.1, -0.05) is 13.8 Å². The van der Waals surface area contributed by atoms with Crippen molar-refractivity contribution >= 4 is 0 Å². The number of fused-ring (bicyclic) bond motifs is 1. The van der Waals surface area contributed by atoms with E-state index in [1.54, 1.807) is 0 Å². The quantitative estimate of drug-likeness (QED) is 0.690. The van der Waals surface area contributed by atoms with E-state index in [1.165, 1.54) is 32.6 Å². The summed E-state index contributed by atoms with van der Waals surface area (Å²) >= 11 is 0. The number of rotatable bonds is 2. The molecule has 76 valence electrons. The number of likely N-dealkylation sites (tertiary alicyclic amines) is 1. The van der Waals surface area contributed by atoms with Crippen LogP contribution in [0.15, 0.2) is 0 Å². The molecular formula is C11H22N2. The van der Waals surface area contributed by atoms with Crippen molar-refractivity contribution in [3.63, 3.8) is 0 Å². The van der Waals surface area contributed by atoms with Gasteiger partial charge >= 0.3 is 0 Å². The van der Waals surface area contributed by atoms with Gasteiger partial charge in [0.05, 0.1) is 0 Å². The van der Waals surface area contributed by atoms with Gasteiger partial charge in [0, 0.05) is 25.0 Å². The predicted molar refractivity (Wildman–Crippen MR) is 55.7 cm³/mol. The highest BCUT2D eigenvalue weighted by Gasteiger charge is 2.48. The molecule has 0 aromatic carbocycles. The summed E-state index contributed by atoms with van der Waals surface area (Å²) < 4.78 is 0. The van der Waals surface area contributed by atoms with E-state index in [0.717, 1.165) is 11.8 Å². The molecule has 2 nitrogen and oxygen atoms in total. The van der Waals surface area contributed by atoms with Crippen LogP contribution < -0.4 is 5.32 Å². The summed E-state index contributed by atoms with van der Waals surface area (Å²) in [6.07, 6.45) is 1.40. The highest BCUT2D eigenvalue weighted by atomic mass is 15.2. The third-order valence-corrected chi connectivity index (χ3v) is 3.67. The molecule has 2 atom stereocenters. The molecule has 2 fully saturated rings. The number of nitrogens with zero attached hydrogens (tertiary/aromatic N) is 1. The number of hydrogen-bond donors (Lipinski definition) is 1. The Labute approximate surface area is 81.7 Å². The van der Waals surface area contributed by atoms with Gasteiger partial charge in [-0.05, 0) is 31.8 Å². The van der Waals surface area contributed by atoms with E-state index in [1.807, 2.05) is 0 Å². The maximum Gasteiger partial charge on any atom is 0.00510 e. The zero-order valence-corrected chi connectivity index (χ0v) is 9.14. The molecule has 1 N–H and O–H groups in total. The van der Waals surface area contributed by atoms with Crippen LogP contribution in [0.25, 0.3) is 0 Å². The molecule has 2 heterocycles. The van der Waals surface area contributed by atoms with Crippen LogP contribution in [0, 0.1) is 17.3 Å². The maximum atomic E-state index is 3.56. The Balaban J connectivity index is 2.09. The third-order valence-electron chi connectivity index (χ3n) is 3.67. The van der Waals surface area contributed by atoms with E-state index < -0.39 is 0 Å². The van der Waals surface area contributed by atoms with Gasteiger partial charge in [0.25, 0.3) is 0 Å². The molecule has 0 spiro atoms. The Morgan fingerprint density at radius 3 is 3.00 bits per heavy atom. The highest BCUT2D eigenvalue weighted by molar-refractivity contribution is 5.02. The summed E-state index contributed by atoms with van der Waals surface area (Å²) in [5, 5.41) is 3.56. The van der Waals surface area contributed by atoms with Crippen molar-refractivity contribution in [2.75, 3.05) is 33.2 Å². The summed E-state index contributed by atoms with van der Waals surface area (Å²) in [6, 6.07) is 0. The molecule has 0 aliphatic carbocycles.